The Bertz CT molecular complexity index is 215. The Balaban J connectivity index is 0.000000561. The minimum atomic E-state index is -0.463. The van der Waals surface area contributed by atoms with Gasteiger partial charge in [-0.25, -0.2) is 4.98 Å². The van der Waals surface area contributed by atoms with Crippen molar-refractivity contribution >= 4 is 0 Å². The van der Waals surface area contributed by atoms with Crippen LogP contribution in [0, 0.1) is 5.95 Å². The third-order valence-corrected chi connectivity index (χ3v) is 1.10. The number of ether oxygens (including phenoxy) is 1. The summed E-state index contributed by atoms with van der Waals surface area (Å²) in [6.07, 6.45) is 1.42. The molecular weight excluding hydrogens is 157 g/mol. The number of methoxy groups -OCH3 is 1. The van der Waals surface area contributed by atoms with E-state index in [1.807, 2.05) is 13.8 Å². The normalized spacial score (nSPS) is 8.67. The quantitative estimate of drug-likeness (QED) is 0.637. The Morgan fingerprint density at radius 2 is 2.17 bits per heavy atom. The fraction of sp³-hybridized carbons (Fsp3) is 0.444. The lowest BCUT2D eigenvalue weighted by Gasteiger charge is -1.96. The van der Waals surface area contributed by atoms with Gasteiger partial charge in [-0.1, -0.05) is 13.8 Å². The molecule has 0 bridgehead atoms. The molecule has 0 aliphatic carbocycles. The monoisotopic (exact) mass is 171 g/mol. The fourth-order valence-corrected chi connectivity index (χ4v) is 0.699. The molecule has 68 valence electrons. The van der Waals surface area contributed by atoms with Gasteiger partial charge in [-0.2, -0.15) is 4.39 Å². The highest BCUT2D eigenvalue weighted by Crippen LogP contribution is 2.00. The van der Waals surface area contributed by atoms with Crippen molar-refractivity contribution in [2.45, 2.75) is 20.5 Å². The first-order valence-electron chi connectivity index (χ1n) is 3.92. The Hall–Kier alpha value is -0.960. The van der Waals surface area contributed by atoms with Gasteiger partial charge in [0.25, 0.3) is 0 Å². The van der Waals surface area contributed by atoms with E-state index in [1.54, 1.807) is 13.2 Å². The van der Waals surface area contributed by atoms with Crippen molar-refractivity contribution in [3.8, 4) is 0 Å². The van der Waals surface area contributed by atoms with E-state index in [9.17, 15) is 4.39 Å². The average molecular weight is 171 g/mol. The predicted octanol–water partition coefficient (Wildman–Crippen LogP) is 2.39. The maximum atomic E-state index is 12.3. The topological polar surface area (TPSA) is 22.1 Å². The van der Waals surface area contributed by atoms with Crippen molar-refractivity contribution in [1.82, 2.24) is 4.98 Å². The van der Waals surface area contributed by atoms with Crippen LogP contribution in [0.3, 0.4) is 0 Å². The molecule has 0 amide bonds. The Kier molecular flexibility index (Phi) is 6.19. The number of nitrogens with zero attached hydrogens (tertiary/aromatic N) is 1. The van der Waals surface area contributed by atoms with Crippen molar-refractivity contribution < 1.29 is 9.13 Å². The molecule has 1 rings (SSSR count). The Morgan fingerprint density at radius 3 is 2.67 bits per heavy atom. The van der Waals surface area contributed by atoms with Gasteiger partial charge in [0.2, 0.25) is 5.95 Å². The summed E-state index contributed by atoms with van der Waals surface area (Å²) in [4.78, 5) is 3.40. The van der Waals surface area contributed by atoms with Crippen molar-refractivity contribution in [1.29, 1.82) is 0 Å². The number of rotatable bonds is 2. The minimum Gasteiger partial charge on any atom is -0.380 e. The van der Waals surface area contributed by atoms with Gasteiger partial charge in [-0.05, 0) is 17.7 Å². The Labute approximate surface area is 72.4 Å². The summed E-state index contributed by atoms with van der Waals surface area (Å²) >= 11 is 0. The van der Waals surface area contributed by atoms with Crippen LogP contribution in [0.25, 0.3) is 0 Å². The summed E-state index contributed by atoms with van der Waals surface area (Å²) in [5.41, 5.74) is 0.801. The first-order chi connectivity index (χ1) is 5.83. The molecule has 0 N–H and O–H groups in total. The van der Waals surface area contributed by atoms with E-state index in [0.717, 1.165) is 5.56 Å². The lowest BCUT2D eigenvalue weighted by atomic mass is 10.3. The third-order valence-electron chi connectivity index (χ3n) is 1.10. The third kappa shape index (κ3) is 4.03. The minimum absolute atomic E-state index is 0.430. The van der Waals surface area contributed by atoms with Crippen molar-refractivity contribution in [3.05, 3.63) is 29.8 Å². The van der Waals surface area contributed by atoms with Crippen molar-refractivity contribution in [2.24, 2.45) is 0 Å². The zero-order valence-corrected chi connectivity index (χ0v) is 7.67. The lowest BCUT2D eigenvalue weighted by Crippen LogP contribution is -1.89. The highest BCUT2D eigenvalue weighted by molar-refractivity contribution is 5.09. The maximum absolute atomic E-state index is 12.3. The molecule has 0 aliphatic heterocycles. The molecule has 0 unspecified atom stereocenters. The van der Waals surface area contributed by atoms with E-state index >= 15 is 0 Å². The van der Waals surface area contributed by atoms with Crippen molar-refractivity contribution in [2.75, 3.05) is 7.11 Å². The number of halogens is 1. The van der Waals surface area contributed by atoms with E-state index in [1.165, 1.54) is 12.3 Å². The number of hydrogen-bond donors (Lipinski definition) is 0. The summed E-state index contributed by atoms with van der Waals surface area (Å²) in [6, 6.07) is 3.07. The fourth-order valence-electron chi connectivity index (χ4n) is 0.699. The molecule has 0 saturated heterocycles. The first kappa shape index (κ1) is 11.0. The second-order valence-electron chi connectivity index (χ2n) is 1.92. The van der Waals surface area contributed by atoms with Crippen LogP contribution in [0.15, 0.2) is 18.3 Å². The Morgan fingerprint density at radius 1 is 1.50 bits per heavy atom. The molecule has 1 heterocycles. The van der Waals surface area contributed by atoms with Crippen LogP contribution in [0.1, 0.15) is 19.4 Å². The van der Waals surface area contributed by atoms with E-state index in [2.05, 4.69) is 4.98 Å². The molecular formula is C9H14FNO. The van der Waals surface area contributed by atoms with Gasteiger partial charge in [-0.3, -0.25) is 0 Å². The average Bonchev–Trinajstić information content (AvgIpc) is 2.09. The second-order valence-corrected chi connectivity index (χ2v) is 1.92. The highest BCUT2D eigenvalue weighted by atomic mass is 19.1. The van der Waals surface area contributed by atoms with Crippen LogP contribution in [-0.4, -0.2) is 12.1 Å². The summed E-state index contributed by atoms with van der Waals surface area (Å²) in [5, 5.41) is 0. The standard InChI is InChI=1S/C7H8FNO.C2H6/c1-10-5-6-2-3-9-7(8)4-6;1-2/h2-4H,5H2,1H3;1-2H3. The molecule has 2 nitrogen and oxygen atoms in total. The van der Waals surface area contributed by atoms with Gasteiger partial charge in [0.05, 0.1) is 6.61 Å². The number of aromatic nitrogens is 1. The summed E-state index contributed by atoms with van der Waals surface area (Å²) in [7, 11) is 1.57. The van der Waals surface area contributed by atoms with Crippen LogP contribution < -0.4 is 0 Å². The van der Waals surface area contributed by atoms with E-state index < -0.39 is 5.95 Å². The molecule has 0 atom stereocenters. The molecule has 12 heavy (non-hydrogen) atoms. The molecule has 3 heteroatoms. The number of pyridine rings is 1. The number of hydrogen-bond acceptors (Lipinski definition) is 2. The molecule has 1 aromatic rings. The van der Waals surface area contributed by atoms with E-state index in [0.29, 0.717) is 6.61 Å². The van der Waals surface area contributed by atoms with Gasteiger partial charge in [-0.15, -0.1) is 0 Å². The van der Waals surface area contributed by atoms with Gasteiger partial charge >= 0.3 is 0 Å². The van der Waals surface area contributed by atoms with Crippen LogP contribution >= 0.6 is 0 Å². The summed E-state index contributed by atoms with van der Waals surface area (Å²) in [6.45, 7) is 4.43. The predicted molar refractivity (Wildman–Crippen MR) is 46.3 cm³/mol. The van der Waals surface area contributed by atoms with Crippen LogP contribution in [0.5, 0.6) is 0 Å². The zero-order chi connectivity index (χ0) is 9.40. The van der Waals surface area contributed by atoms with Crippen LogP contribution in [0.2, 0.25) is 0 Å². The lowest BCUT2D eigenvalue weighted by molar-refractivity contribution is 0.184. The smallest absolute Gasteiger partial charge is 0.213 e. The highest BCUT2D eigenvalue weighted by Gasteiger charge is 1.93. The van der Waals surface area contributed by atoms with E-state index in [-0.39, 0.29) is 0 Å². The first-order valence-corrected chi connectivity index (χ1v) is 3.92. The summed E-state index contributed by atoms with van der Waals surface area (Å²) < 4.78 is 17.1. The molecule has 0 fully saturated rings. The molecule has 0 aromatic carbocycles. The van der Waals surface area contributed by atoms with Crippen LogP contribution in [0.4, 0.5) is 4.39 Å². The van der Waals surface area contributed by atoms with Gasteiger partial charge in [0.1, 0.15) is 0 Å². The van der Waals surface area contributed by atoms with Gasteiger partial charge in [0, 0.05) is 13.3 Å². The summed E-state index contributed by atoms with van der Waals surface area (Å²) in [5.74, 6) is -0.463. The molecule has 1 aromatic heterocycles. The van der Waals surface area contributed by atoms with Gasteiger partial charge in [0.15, 0.2) is 0 Å². The molecule has 0 saturated carbocycles. The second kappa shape index (κ2) is 6.73. The molecule has 0 aliphatic rings. The largest absolute Gasteiger partial charge is 0.380 e. The molecule has 0 radical (unpaired) electrons. The van der Waals surface area contributed by atoms with Gasteiger partial charge < -0.3 is 4.74 Å². The maximum Gasteiger partial charge on any atom is 0.213 e. The zero-order valence-electron chi connectivity index (χ0n) is 7.67. The van der Waals surface area contributed by atoms with E-state index in [4.69, 9.17) is 4.74 Å². The van der Waals surface area contributed by atoms with Crippen LogP contribution in [-0.2, 0) is 11.3 Å². The van der Waals surface area contributed by atoms with Crippen molar-refractivity contribution in [3.63, 3.8) is 0 Å². The SMILES string of the molecule is CC.COCc1ccnc(F)c1. The molecule has 0 spiro atoms.